The van der Waals surface area contributed by atoms with Crippen LogP contribution < -0.4 is 19.7 Å². The van der Waals surface area contributed by atoms with Gasteiger partial charge in [-0.25, -0.2) is 4.98 Å². The summed E-state index contributed by atoms with van der Waals surface area (Å²) in [4.78, 5) is 19.0. The summed E-state index contributed by atoms with van der Waals surface area (Å²) in [7, 11) is 0. The van der Waals surface area contributed by atoms with Crippen molar-refractivity contribution in [3.8, 4) is 11.5 Å². The van der Waals surface area contributed by atoms with E-state index in [0.29, 0.717) is 30.4 Å². The van der Waals surface area contributed by atoms with Crippen molar-refractivity contribution in [2.45, 2.75) is 6.10 Å². The number of rotatable bonds is 3. The van der Waals surface area contributed by atoms with Crippen molar-refractivity contribution in [2.24, 2.45) is 0 Å². The predicted molar refractivity (Wildman–Crippen MR) is 92.3 cm³/mol. The Balaban J connectivity index is 1.38. The van der Waals surface area contributed by atoms with Crippen molar-refractivity contribution in [3.63, 3.8) is 0 Å². The summed E-state index contributed by atoms with van der Waals surface area (Å²) in [5.74, 6) is 1.86. The Hall–Kier alpha value is -2.80. The Morgan fingerprint density at radius 2 is 1.92 bits per heavy atom. The van der Waals surface area contributed by atoms with Crippen LogP contribution in [0.4, 0.5) is 11.5 Å². The molecule has 7 nitrogen and oxygen atoms in total. The Kier molecular flexibility index (Phi) is 4.39. The quantitative estimate of drug-likeness (QED) is 0.916. The molecule has 0 radical (unpaired) electrons. The number of morpholine rings is 1. The number of carbonyl (C=O) groups is 1. The third-order valence-electron chi connectivity index (χ3n) is 4.15. The van der Waals surface area contributed by atoms with Crippen molar-refractivity contribution in [1.29, 1.82) is 0 Å². The fourth-order valence-electron chi connectivity index (χ4n) is 2.81. The predicted octanol–water partition coefficient (Wildman–Crippen LogP) is 1.70. The molecule has 1 aromatic heterocycles. The first-order valence-corrected chi connectivity index (χ1v) is 8.28. The lowest BCUT2D eigenvalue weighted by molar-refractivity contribution is -0.125. The van der Waals surface area contributed by atoms with Gasteiger partial charge in [-0.2, -0.15) is 0 Å². The van der Waals surface area contributed by atoms with Crippen molar-refractivity contribution in [3.05, 3.63) is 42.6 Å². The molecule has 2 aliphatic rings. The molecule has 0 aliphatic carbocycles. The van der Waals surface area contributed by atoms with Crippen LogP contribution in [-0.2, 0) is 9.53 Å². The average Bonchev–Trinajstić information content (AvgIpc) is 2.69. The van der Waals surface area contributed by atoms with Crippen molar-refractivity contribution >= 4 is 17.4 Å². The first-order valence-electron chi connectivity index (χ1n) is 8.28. The number of amides is 1. The molecule has 2 aromatic rings. The summed E-state index contributed by atoms with van der Waals surface area (Å²) in [6.45, 7) is 3.25. The highest BCUT2D eigenvalue weighted by Gasteiger charge is 2.27. The van der Waals surface area contributed by atoms with Gasteiger partial charge in [0.15, 0.2) is 11.5 Å². The number of hydrogen-bond donors (Lipinski definition) is 1. The molecule has 1 aromatic carbocycles. The van der Waals surface area contributed by atoms with Crippen LogP contribution in [0.2, 0.25) is 0 Å². The van der Waals surface area contributed by atoms with E-state index in [9.17, 15) is 4.79 Å². The van der Waals surface area contributed by atoms with Crippen molar-refractivity contribution < 1.29 is 19.0 Å². The zero-order valence-corrected chi connectivity index (χ0v) is 13.7. The van der Waals surface area contributed by atoms with E-state index >= 15 is 0 Å². The fourth-order valence-corrected chi connectivity index (χ4v) is 2.81. The Labute approximate surface area is 145 Å². The first kappa shape index (κ1) is 15.7. The molecule has 0 bridgehead atoms. The minimum absolute atomic E-state index is 0.183. The van der Waals surface area contributed by atoms with Gasteiger partial charge in [0.25, 0.3) is 5.91 Å². The van der Waals surface area contributed by atoms with Crippen LogP contribution in [0.1, 0.15) is 0 Å². The summed E-state index contributed by atoms with van der Waals surface area (Å²) in [6, 6.07) is 11.0. The number of benzene rings is 1. The number of carbonyl (C=O) groups excluding carboxylic acids is 1. The van der Waals surface area contributed by atoms with E-state index in [1.807, 2.05) is 30.3 Å². The fraction of sp³-hybridized carbons (Fsp3) is 0.333. The first-order chi connectivity index (χ1) is 12.3. The molecule has 0 saturated carbocycles. The SMILES string of the molecule is O=C(Nc1ccc(N2CCOCC2)nc1)[C@H]1COc2ccccc2O1. The van der Waals surface area contributed by atoms with Crippen LogP contribution in [-0.4, -0.2) is 49.9 Å². The minimum atomic E-state index is -0.686. The van der Waals surface area contributed by atoms with Crippen LogP contribution in [0.3, 0.4) is 0 Å². The molecular weight excluding hydrogens is 322 g/mol. The highest BCUT2D eigenvalue weighted by atomic mass is 16.6. The second-order valence-electron chi connectivity index (χ2n) is 5.86. The number of aromatic nitrogens is 1. The highest BCUT2D eigenvalue weighted by molar-refractivity contribution is 5.94. The molecule has 4 rings (SSSR count). The third-order valence-corrected chi connectivity index (χ3v) is 4.15. The smallest absolute Gasteiger partial charge is 0.269 e. The van der Waals surface area contributed by atoms with Gasteiger partial charge in [0.05, 0.1) is 25.1 Å². The molecule has 0 spiro atoms. The van der Waals surface area contributed by atoms with Crippen molar-refractivity contribution in [2.75, 3.05) is 43.1 Å². The number of anilines is 2. The number of nitrogens with one attached hydrogen (secondary N) is 1. The van der Waals surface area contributed by atoms with Gasteiger partial charge in [0.1, 0.15) is 12.4 Å². The summed E-state index contributed by atoms with van der Waals surface area (Å²) in [5, 5.41) is 2.82. The number of fused-ring (bicyclic) bond motifs is 1. The second-order valence-corrected chi connectivity index (χ2v) is 5.86. The lowest BCUT2D eigenvalue weighted by atomic mass is 10.2. The molecule has 130 valence electrons. The maximum absolute atomic E-state index is 12.4. The van der Waals surface area contributed by atoms with Gasteiger partial charge in [-0.1, -0.05) is 12.1 Å². The number of ether oxygens (including phenoxy) is 3. The van der Waals surface area contributed by atoms with Gasteiger partial charge in [-0.3, -0.25) is 4.79 Å². The van der Waals surface area contributed by atoms with Gasteiger partial charge in [-0.05, 0) is 24.3 Å². The molecule has 25 heavy (non-hydrogen) atoms. The normalized spacial score (nSPS) is 19.4. The van der Waals surface area contributed by atoms with E-state index in [4.69, 9.17) is 14.2 Å². The van der Waals surface area contributed by atoms with Crippen LogP contribution in [0, 0.1) is 0 Å². The monoisotopic (exact) mass is 341 g/mol. The Bertz CT molecular complexity index is 744. The van der Waals surface area contributed by atoms with Crippen molar-refractivity contribution in [1.82, 2.24) is 4.98 Å². The molecule has 7 heteroatoms. The zero-order valence-electron chi connectivity index (χ0n) is 13.7. The summed E-state index contributed by atoms with van der Waals surface area (Å²) < 4.78 is 16.6. The molecule has 1 amide bonds. The topological polar surface area (TPSA) is 72.9 Å². The standard InChI is InChI=1S/C18H19N3O4/c22-18(16-12-24-14-3-1-2-4-15(14)25-16)20-13-5-6-17(19-11-13)21-7-9-23-10-8-21/h1-6,11,16H,7-10,12H2,(H,20,22)/t16-/m1/s1. The minimum Gasteiger partial charge on any atom is -0.485 e. The Morgan fingerprint density at radius 3 is 2.68 bits per heavy atom. The van der Waals surface area contributed by atoms with Gasteiger partial charge < -0.3 is 24.4 Å². The molecule has 1 fully saturated rings. The number of hydrogen-bond acceptors (Lipinski definition) is 6. The van der Waals surface area contributed by atoms with E-state index in [0.717, 1.165) is 18.9 Å². The van der Waals surface area contributed by atoms with E-state index in [1.54, 1.807) is 12.3 Å². The number of para-hydroxylation sites is 2. The number of pyridine rings is 1. The summed E-state index contributed by atoms with van der Waals surface area (Å²) >= 11 is 0. The lowest BCUT2D eigenvalue weighted by Crippen LogP contribution is -2.40. The van der Waals surface area contributed by atoms with Gasteiger partial charge >= 0.3 is 0 Å². The van der Waals surface area contributed by atoms with Gasteiger partial charge in [0.2, 0.25) is 6.10 Å². The van der Waals surface area contributed by atoms with Crippen LogP contribution >= 0.6 is 0 Å². The van der Waals surface area contributed by atoms with E-state index < -0.39 is 6.10 Å². The summed E-state index contributed by atoms with van der Waals surface area (Å²) in [5.41, 5.74) is 0.629. The van der Waals surface area contributed by atoms with Crippen LogP contribution in [0.5, 0.6) is 11.5 Å². The van der Waals surface area contributed by atoms with E-state index in [-0.39, 0.29) is 12.5 Å². The summed E-state index contributed by atoms with van der Waals surface area (Å²) in [6.07, 6.45) is 0.967. The molecule has 2 aliphatic heterocycles. The van der Waals surface area contributed by atoms with Gasteiger partial charge in [0, 0.05) is 13.1 Å². The lowest BCUT2D eigenvalue weighted by Gasteiger charge is -2.28. The maximum atomic E-state index is 12.4. The largest absolute Gasteiger partial charge is 0.485 e. The van der Waals surface area contributed by atoms with E-state index in [2.05, 4.69) is 15.2 Å². The molecule has 1 atom stereocenters. The number of nitrogens with zero attached hydrogens (tertiary/aromatic N) is 2. The highest BCUT2D eigenvalue weighted by Crippen LogP contribution is 2.31. The van der Waals surface area contributed by atoms with Gasteiger partial charge in [-0.15, -0.1) is 0 Å². The van der Waals surface area contributed by atoms with Crippen LogP contribution in [0.15, 0.2) is 42.6 Å². The third kappa shape index (κ3) is 3.51. The van der Waals surface area contributed by atoms with Crippen LogP contribution in [0.25, 0.3) is 0 Å². The molecule has 3 heterocycles. The zero-order chi connectivity index (χ0) is 17.1. The maximum Gasteiger partial charge on any atom is 0.269 e. The Morgan fingerprint density at radius 1 is 1.12 bits per heavy atom. The van der Waals surface area contributed by atoms with E-state index in [1.165, 1.54) is 0 Å². The second kappa shape index (κ2) is 6.98. The molecule has 1 saturated heterocycles. The molecule has 0 unspecified atom stereocenters. The molecular formula is C18H19N3O4. The average molecular weight is 341 g/mol. The molecule has 1 N–H and O–H groups in total.